The largest absolute Gasteiger partial charge is 0.363 e. The Kier molecular flexibility index (Phi) is 7.17. The van der Waals surface area contributed by atoms with E-state index < -0.39 is 0 Å². The number of hydrogen-bond acceptors (Lipinski definition) is 9. The molecule has 0 atom stereocenters. The summed E-state index contributed by atoms with van der Waals surface area (Å²) in [6.07, 6.45) is 2.58. The van der Waals surface area contributed by atoms with E-state index in [4.69, 9.17) is 0 Å². The third-order valence-electron chi connectivity index (χ3n) is 6.96. The van der Waals surface area contributed by atoms with Gasteiger partial charge >= 0.3 is 0 Å². The second kappa shape index (κ2) is 11.0. The molecule has 0 N–H and O–H groups in total. The Morgan fingerprint density at radius 3 is 2.33 bits per heavy atom. The average Bonchev–Trinajstić information content (AvgIpc) is 3.73. The lowest BCUT2D eigenvalue weighted by molar-refractivity contribution is 0.949. The monoisotopic (exact) mass is 551 g/mol. The molecule has 5 aromatic rings. The topological polar surface area (TPSA) is 68.8 Å². The minimum Gasteiger partial charge on any atom is -0.363 e. The summed E-state index contributed by atoms with van der Waals surface area (Å²) >= 11 is 3.21. The summed E-state index contributed by atoms with van der Waals surface area (Å²) in [5, 5.41) is 22.4. The van der Waals surface area contributed by atoms with Gasteiger partial charge in [0.1, 0.15) is 0 Å². The van der Waals surface area contributed by atoms with Crippen LogP contribution in [-0.4, -0.2) is 24.5 Å². The summed E-state index contributed by atoms with van der Waals surface area (Å²) < 4.78 is 4.43. The minimum absolute atomic E-state index is 0.781. The van der Waals surface area contributed by atoms with Gasteiger partial charge in [-0.05, 0) is 110 Å². The van der Waals surface area contributed by atoms with Crippen molar-refractivity contribution in [1.82, 2.24) is 4.37 Å². The number of aromatic nitrogens is 1. The first-order valence-electron chi connectivity index (χ1n) is 13.0. The highest BCUT2D eigenvalue weighted by Gasteiger charge is 2.16. The lowest BCUT2D eigenvalue weighted by Gasteiger charge is -2.19. The molecule has 0 unspecified atom stereocenters. The number of thiophene rings is 1. The number of rotatable bonds is 7. The molecule has 9 heteroatoms. The highest BCUT2D eigenvalue weighted by molar-refractivity contribution is 7.20. The Bertz CT molecular complexity index is 1680. The van der Waals surface area contributed by atoms with E-state index in [0.29, 0.717) is 0 Å². The standard InChI is InChI=1S/C30H29N7S2/c1-20-18-22(10-12-25(20)33-34-30-24-8-4-5-9-27(24)35-39-30)31-32-26-13-11-23(19-21(26)2)36(3)28-14-15-29(38-28)37-16-6-7-17-37/h4-5,8-15,18-19H,6-7,16-17H2,1-3H3/b32-31+,34-33+. The Morgan fingerprint density at radius 1 is 0.795 bits per heavy atom. The van der Waals surface area contributed by atoms with E-state index in [9.17, 15) is 0 Å². The molecule has 3 heterocycles. The lowest BCUT2D eigenvalue weighted by Crippen LogP contribution is -2.15. The van der Waals surface area contributed by atoms with Crippen molar-refractivity contribution in [2.75, 3.05) is 29.9 Å². The fraction of sp³-hybridized carbons (Fsp3) is 0.233. The van der Waals surface area contributed by atoms with Crippen molar-refractivity contribution in [2.45, 2.75) is 26.7 Å². The van der Waals surface area contributed by atoms with Crippen LogP contribution in [0.1, 0.15) is 24.0 Å². The van der Waals surface area contributed by atoms with Crippen LogP contribution < -0.4 is 9.80 Å². The molecule has 1 aliphatic heterocycles. The van der Waals surface area contributed by atoms with E-state index in [1.54, 1.807) is 0 Å². The number of hydrogen-bond donors (Lipinski definition) is 0. The van der Waals surface area contributed by atoms with E-state index in [1.165, 1.54) is 47.5 Å². The zero-order valence-electron chi connectivity index (χ0n) is 22.2. The molecule has 0 spiro atoms. The van der Waals surface area contributed by atoms with Gasteiger partial charge in [-0.15, -0.1) is 21.6 Å². The minimum atomic E-state index is 0.781. The van der Waals surface area contributed by atoms with Crippen molar-refractivity contribution in [2.24, 2.45) is 20.5 Å². The molecule has 196 valence electrons. The zero-order valence-corrected chi connectivity index (χ0v) is 23.8. The van der Waals surface area contributed by atoms with Crippen LogP contribution in [-0.2, 0) is 0 Å². The summed E-state index contributed by atoms with van der Waals surface area (Å²) in [6.45, 7) is 6.42. The molecule has 0 radical (unpaired) electrons. The Labute approximate surface area is 236 Å². The van der Waals surface area contributed by atoms with Crippen LogP contribution >= 0.6 is 22.9 Å². The average molecular weight is 552 g/mol. The van der Waals surface area contributed by atoms with Gasteiger partial charge in [-0.2, -0.15) is 14.6 Å². The van der Waals surface area contributed by atoms with Gasteiger partial charge in [-0.3, -0.25) is 0 Å². The molecule has 6 rings (SSSR count). The second-order valence-electron chi connectivity index (χ2n) is 9.71. The molecule has 2 aromatic heterocycles. The van der Waals surface area contributed by atoms with E-state index in [2.05, 4.69) is 72.9 Å². The molecule has 0 saturated carbocycles. The summed E-state index contributed by atoms with van der Waals surface area (Å²) in [6, 6.07) is 24.6. The van der Waals surface area contributed by atoms with E-state index in [-0.39, 0.29) is 0 Å². The predicted molar refractivity (Wildman–Crippen MR) is 164 cm³/mol. The molecule has 39 heavy (non-hydrogen) atoms. The predicted octanol–water partition coefficient (Wildman–Crippen LogP) is 10.2. The molecular formula is C30H29N7S2. The van der Waals surface area contributed by atoms with Crippen LogP contribution in [0.2, 0.25) is 0 Å². The maximum atomic E-state index is 4.54. The van der Waals surface area contributed by atoms with Crippen molar-refractivity contribution in [3.05, 3.63) is 83.9 Å². The zero-order chi connectivity index (χ0) is 26.8. The second-order valence-corrected chi connectivity index (χ2v) is 11.5. The Hall–Kier alpha value is -3.95. The van der Waals surface area contributed by atoms with Gasteiger partial charge in [0.25, 0.3) is 0 Å². The van der Waals surface area contributed by atoms with E-state index in [1.807, 2.05) is 66.8 Å². The number of benzene rings is 3. The summed E-state index contributed by atoms with van der Waals surface area (Å²) in [5.74, 6) is 0. The van der Waals surface area contributed by atoms with E-state index in [0.717, 1.165) is 49.8 Å². The van der Waals surface area contributed by atoms with Crippen molar-refractivity contribution in [3.8, 4) is 0 Å². The van der Waals surface area contributed by atoms with Crippen molar-refractivity contribution in [1.29, 1.82) is 0 Å². The maximum Gasteiger partial charge on any atom is 0.166 e. The van der Waals surface area contributed by atoms with Crippen molar-refractivity contribution < 1.29 is 0 Å². The normalized spacial score (nSPS) is 13.9. The highest BCUT2D eigenvalue weighted by Crippen LogP contribution is 2.38. The van der Waals surface area contributed by atoms with E-state index >= 15 is 0 Å². The SMILES string of the molecule is Cc1cc(N(C)c2ccc(N3CCCC3)s2)ccc1/N=N/c1ccc(/N=N/c2snc3ccccc23)c(C)c1. The summed E-state index contributed by atoms with van der Waals surface area (Å²) in [7, 11) is 2.12. The van der Waals surface area contributed by atoms with Crippen LogP contribution in [0.3, 0.4) is 0 Å². The summed E-state index contributed by atoms with van der Waals surface area (Å²) in [5.41, 5.74) is 6.59. The fourth-order valence-corrected chi connectivity index (χ4v) is 6.40. The first-order chi connectivity index (χ1) is 19.0. The number of aryl methyl sites for hydroxylation is 2. The van der Waals surface area contributed by atoms with Crippen LogP contribution in [0.4, 0.5) is 37.8 Å². The van der Waals surface area contributed by atoms with Gasteiger partial charge in [0, 0.05) is 31.2 Å². The number of azo groups is 2. The number of anilines is 3. The molecule has 0 bridgehead atoms. The van der Waals surface area contributed by atoms with Gasteiger partial charge in [-0.25, -0.2) is 0 Å². The number of nitrogens with zero attached hydrogens (tertiary/aromatic N) is 7. The van der Waals surface area contributed by atoms with Crippen LogP contribution in [0.15, 0.2) is 93.3 Å². The summed E-state index contributed by atoms with van der Waals surface area (Å²) in [4.78, 5) is 4.72. The first kappa shape index (κ1) is 25.3. The Balaban J connectivity index is 1.14. The molecular weight excluding hydrogens is 523 g/mol. The molecule has 0 aliphatic carbocycles. The quantitative estimate of drug-likeness (QED) is 0.189. The van der Waals surface area contributed by atoms with Crippen LogP contribution in [0, 0.1) is 13.8 Å². The molecule has 3 aromatic carbocycles. The number of fused-ring (bicyclic) bond motifs is 1. The third-order valence-corrected chi connectivity index (χ3v) is 8.95. The molecule has 7 nitrogen and oxygen atoms in total. The molecule has 1 fully saturated rings. The van der Waals surface area contributed by atoms with Gasteiger partial charge in [0.2, 0.25) is 0 Å². The van der Waals surface area contributed by atoms with Crippen LogP contribution in [0.25, 0.3) is 10.9 Å². The lowest BCUT2D eigenvalue weighted by atomic mass is 10.1. The fourth-order valence-electron chi connectivity index (χ4n) is 4.67. The van der Waals surface area contributed by atoms with Crippen molar-refractivity contribution >= 4 is 71.5 Å². The Morgan fingerprint density at radius 2 is 1.54 bits per heavy atom. The highest BCUT2D eigenvalue weighted by atomic mass is 32.1. The van der Waals surface area contributed by atoms with Gasteiger partial charge in [0.15, 0.2) is 5.00 Å². The first-order valence-corrected chi connectivity index (χ1v) is 14.6. The maximum absolute atomic E-state index is 4.54. The van der Waals surface area contributed by atoms with Gasteiger partial charge < -0.3 is 9.80 Å². The van der Waals surface area contributed by atoms with Gasteiger partial charge in [0.05, 0.1) is 32.6 Å². The van der Waals surface area contributed by atoms with Crippen LogP contribution in [0.5, 0.6) is 0 Å². The molecule has 1 aliphatic rings. The van der Waals surface area contributed by atoms with Gasteiger partial charge in [-0.1, -0.05) is 12.1 Å². The smallest absolute Gasteiger partial charge is 0.166 e. The van der Waals surface area contributed by atoms with Crippen molar-refractivity contribution in [3.63, 3.8) is 0 Å². The third kappa shape index (κ3) is 5.46. The molecule has 1 saturated heterocycles. The molecule has 0 amide bonds.